The Bertz CT molecular complexity index is 330. The lowest BCUT2D eigenvalue weighted by Gasteiger charge is -2.38. The Morgan fingerprint density at radius 3 is 2.94 bits per heavy atom. The van der Waals surface area contributed by atoms with Gasteiger partial charge in [0.1, 0.15) is 0 Å². The maximum Gasteiger partial charge on any atom is 0.239 e. The lowest BCUT2D eigenvalue weighted by atomic mass is 9.77. The third-order valence-corrected chi connectivity index (χ3v) is 4.36. The van der Waals surface area contributed by atoms with Crippen LogP contribution in [0, 0.1) is 5.41 Å². The number of carbonyl (C=O) groups excluding carboxylic acids is 2. The van der Waals surface area contributed by atoms with Gasteiger partial charge in [0.05, 0.1) is 5.75 Å². The number of amides is 2. The molecule has 3 nitrogen and oxygen atoms in total. The van der Waals surface area contributed by atoms with Crippen LogP contribution in [0.1, 0.15) is 39.5 Å². The van der Waals surface area contributed by atoms with E-state index in [1.54, 1.807) is 11.8 Å². The van der Waals surface area contributed by atoms with E-state index >= 15 is 0 Å². The Morgan fingerprint density at radius 2 is 2.33 bits per heavy atom. The Kier molecular flexibility index (Phi) is 5.93. The number of rotatable bonds is 6. The van der Waals surface area contributed by atoms with Crippen molar-refractivity contribution in [1.82, 2.24) is 4.90 Å². The van der Waals surface area contributed by atoms with Crippen LogP contribution in [0.2, 0.25) is 0 Å². The second kappa shape index (κ2) is 6.98. The molecule has 0 bridgehead atoms. The first-order valence-electron chi connectivity index (χ1n) is 6.58. The molecule has 18 heavy (non-hydrogen) atoms. The van der Waals surface area contributed by atoms with Crippen LogP contribution >= 0.6 is 11.8 Å². The van der Waals surface area contributed by atoms with E-state index in [1.807, 2.05) is 19.9 Å². The van der Waals surface area contributed by atoms with Gasteiger partial charge in [-0.1, -0.05) is 19.9 Å². The van der Waals surface area contributed by atoms with Crippen LogP contribution < -0.4 is 0 Å². The van der Waals surface area contributed by atoms with Crippen LogP contribution in [0.15, 0.2) is 12.7 Å². The van der Waals surface area contributed by atoms with E-state index in [1.165, 1.54) is 4.90 Å². The third kappa shape index (κ3) is 3.61. The van der Waals surface area contributed by atoms with Gasteiger partial charge in [-0.25, -0.2) is 0 Å². The van der Waals surface area contributed by atoms with Crippen LogP contribution in [0.4, 0.5) is 0 Å². The summed E-state index contributed by atoms with van der Waals surface area (Å²) >= 11 is 1.57. The first kappa shape index (κ1) is 15.3. The van der Waals surface area contributed by atoms with Gasteiger partial charge in [-0.05, 0) is 31.4 Å². The van der Waals surface area contributed by atoms with Gasteiger partial charge in [0.15, 0.2) is 0 Å². The van der Waals surface area contributed by atoms with Gasteiger partial charge >= 0.3 is 0 Å². The molecule has 0 aromatic heterocycles. The Hall–Kier alpha value is -0.770. The molecule has 0 spiro atoms. The average Bonchev–Trinajstić information content (AvgIpc) is 2.37. The number of piperidine rings is 1. The van der Waals surface area contributed by atoms with Gasteiger partial charge in [0, 0.05) is 12.0 Å². The maximum absolute atomic E-state index is 12.4. The highest BCUT2D eigenvalue weighted by molar-refractivity contribution is 7.99. The molecule has 1 saturated heterocycles. The van der Waals surface area contributed by atoms with Crippen molar-refractivity contribution in [2.45, 2.75) is 39.5 Å². The highest BCUT2D eigenvalue weighted by Crippen LogP contribution is 2.35. The summed E-state index contributed by atoms with van der Waals surface area (Å²) in [6, 6.07) is 0. The normalized spacial score (nSPS) is 24.1. The zero-order valence-electron chi connectivity index (χ0n) is 11.4. The predicted octanol–water partition coefficient (Wildman–Crippen LogP) is 2.86. The molecule has 2 amide bonds. The highest BCUT2D eigenvalue weighted by Gasteiger charge is 2.41. The fourth-order valence-corrected chi connectivity index (χ4v) is 2.85. The van der Waals surface area contributed by atoms with E-state index in [9.17, 15) is 9.59 Å². The van der Waals surface area contributed by atoms with Crippen molar-refractivity contribution in [2.75, 3.05) is 18.1 Å². The monoisotopic (exact) mass is 269 g/mol. The van der Waals surface area contributed by atoms with Gasteiger partial charge in [0.2, 0.25) is 11.8 Å². The fraction of sp³-hybridized carbons (Fsp3) is 0.714. The average molecular weight is 269 g/mol. The van der Waals surface area contributed by atoms with Crippen molar-refractivity contribution >= 4 is 23.6 Å². The SMILES string of the molecule is C=CCCC1(C)CCCN(C(=O)CSCC)C1=O. The summed E-state index contributed by atoms with van der Waals surface area (Å²) in [6.45, 7) is 8.29. The number of imide groups is 1. The molecule has 0 aliphatic carbocycles. The van der Waals surface area contributed by atoms with Gasteiger partial charge in [-0.3, -0.25) is 14.5 Å². The molecule has 1 unspecified atom stereocenters. The number of hydrogen-bond donors (Lipinski definition) is 0. The lowest BCUT2D eigenvalue weighted by Crippen LogP contribution is -2.50. The number of carbonyl (C=O) groups is 2. The third-order valence-electron chi connectivity index (χ3n) is 3.50. The molecule has 0 radical (unpaired) electrons. The van der Waals surface area contributed by atoms with Gasteiger partial charge in [-0.2, -0.15) is 11.8 Å². The van der Waals surface area contributed by atoms with E-state index in [0.29, 0.717) is 12.3 Å². The van der Waals surface area contributed by atoms with E-state index in [2.05, 4.69) is 6.58 Å². The first-order valence-corrected chi connectivity index (χ1v) is 7.74. The van der Waals surface area contributed by atoms with Crippen LogP contribution in [-0.2, 0) is 9.59 Å². The van der Waals surface area contributed by atoms with Gasteiger partial charge < -0.3 is 0 Å². The molecule has 1 fully saturated rings. The largest absolute Gasteiger partial charge is 0.281 e. The Morgan fingerprint density at radius 1 is 1.61 bits per heavy atom. The molecular formula is C14H23NO2S. The van der Waals surface area contributed by atoms with Crippen LogP contribution in [0.5, 0.6) is 0 Å². The minimum Gasteiger partial charge on any atom is -0.281 e. The van der Waals surface area contributed by atoms with Crippen LogP contribution in [0.3, 0.4) is 0 Å². The zero-order valence-corrected chi connectivity index (χ0v) is 12.2. The Labute approximate surface area is 114 Å². The molecule has 102 valence electrons. The second-order valence-electron chi connectivity index (χ2n) is 4.98. The minimum atomic E-state index is -0.376. The van der Waals surface area contributed by atoms with Crippen molar-refractivity contribution in [3.8, 4) is 0 Å². The van der Waals surface area contributed by atoms with Crippen LogP contribution in [-0.4, -0.2) is 34.8 Å². The topological polar surface area (TPSA) is 37.4 Å². The van der Waals surface area contributed by atoms with E-state index in [0.717, 1.165) is 31.4 Å². The van der Waals surface area contributed by atoms with Crippen molar-refractivity contribution in [2.24, 2.45) is 5.41 Å². The number of thioether (sulfide) groups is 1. The summed E-state index contributed by atoms with van der Waals surface area (Å²) in [5.41, 5.74) is -0.376. The standard InChI is InChI=1S/C14H23NO2S/c1-4-6-8-14(3)9-7-10-15(13(14)17)12(16)11-18-5-2/h4H,1,5-11H2,2-3H3. The zero-order chi connectivity index (χ0) is 13.6. The number of allylic oxidation sites excluding steroid dienone is 1. The van der Waals surface area contributed by atoms with Crippen LogP contribution in [0.25, 0.3) is 0 Å². The molecule has 0 saturated carbocycles. The fourth-order valence-electron chi connectivity index (χ4n) is 2.32. The van der Waals surface area contributed by atoms with Crippen molar-refractivity contribution < 1.29 is 9.59 Å². The highest BCUT2D eigenvalue weighted by atomic mass is 32.2. The van der Waals surface area contributed by atoms with Gasteiger partial charge in [-0.15, -0.1) is 6.58 Å². The smallest absolute Gasteiger partial charge is 0.239 e. The van der Waals surface area contributed by atoms with Crippen molar-refractivity contribution in [3.05, 3.63) is 12.7 Å². The lowest BCUT2D eigenvalue weighted by molar-refractivity contribution is -0.154. The molecule has 0 aromatic carbocycles. The molecule has 1 atom stereocenters. The molecule has 1 aliphatic heterocycles. The quantitative estimate of drug-likeness (QED) is 0.696. The number of hydrogen-bond acceptors (Lipinski definition) is 3. The molecule has 0 N–H and O–H groups in total. The molecule has 1 rings (SSSR count). The van der Waals surface area contributed by atoms with E-state index in [4.69, 9.17) is 0 Å². The van der Waals surface area contributed by atoms with Crippen molar-refractivity contribution in [3.63, 3.8) is 0 Å². The summed E-state index contributed by atoms with van der Waals surface area (Å²) in [5.74, 6) is 1.30. The predicted molar refractivity (Wildman–Crippen MR) is 76.5 cm³/mol. The molecule has 1 aliphatic rings. The number of likely N-dealkylation sites (tertiary alicyclic amines) is 1. The summed E-state index contributed by atoms with van der Waals surface area (Å²) in [5, 5.41) is 0. The molecule has 0 aromatic rings. The maximum atomic E-state index is 12.4. The Balaban J connectivity index is 2.68. The molecule has 4 heteroatoms. The van der Waals surface area contributed by atoms with E-state index < -0.39 is 0 Å². The van der Waals surface area contributed by atoms with Crippen molar-refractivity contribution in [1.29, 1.82) is 0 Å². The summed E-state index contributed by atoms with van der Waals surface area (Å²) in [6.07, 6.45) is 5.26. The van der Waals surface area contributed by atoms with Gasteiger partial charge in [0.25, 0.3) is 0 Å². The first-order chi connectivity index (χ1) is 8.55. The summed E-state index contributed by atoms with van der Waals surface area (Å²) in [7, 11) is 0. The molecular weight excluding hydrogens is 246 g/mol. The number of nitrogens with zero attached hydrogens (tertiary/aromatic N) is 1. The second-order valence-corrected chi connectivity index (χ2v) is 6.25. The summed E-state index contributed by atoms with van der Waals surface area (Å²) in [4.78, 5) is 25.9. The van der Waals surface area contributed by atoms with E-state index in [-0.39, 0.29) is 17.2 Å². The molecule has 1 heterocycles. The minimum absolute atomic E-state index is 0.0114. The summed E-state index contributed by atoms with van der Waals surface area (Å²) < 4.78 is 0.